The molecule has 0 spiro atoms. The van der Waals surface area contributed by atoms with Crippen LogP contribution in [0.4, 0.5) is 4.79 Å². The van der Waals surface area contributed by atoms with Crippen molar-refractivity contribution < 1.29 is 29.0 Å². The maximum Gasteiger partial charge on any atom is 0.407 e. The van der Waals surface area contributed by atoms with Gasteiger partial charge in [-0.15, -0.1) is 0 Å². The number of carboxylic acids is 1. The molecular weight excluding hydrogens is 400 g/mol. The number of hydrogen-bond acceptors (Lipinski definition) is 5. The first-order valence-electron chi connectivity index (χ1n) is 10.1. The SMILES string of the molecule is CN(C(=O)CNC(=O)OCC1c2ccccc2-c2ccccc21)C1COCC1C(=O)O. The third-order valence-electron chi connectivity index (χ3n) is 5.99. The fourth-order valence-electron chi connectivity index (χ4n) is 4.27. The lowest BCUT2D eigenvalue weighted by Gasteiger charge is -2.26. The van der Waals surface area contributed by atoms with Gasteiger partial charge in [-0.05, 0) is 22.3 Å². The van der Waals surface area contributed by atoms with Crippen molar-refractivity contribution in [2.45, 2.75) is 12.0 Å². The van der Waals surface area contributed by atoms with E-state index in [1.54, 1.807) is 0 Å². The first-order valence-corrected chi connectivity index (χ1v) is 10.1. The van der Waals surface area contributed by atoms with Crippen LogP contribution in [-0.4, -0.2) is 67.4 Å². The second-order valence-corrected chi connectivity index (χ2v) is 7.73. The summed E-state index contributed by atoms with van der Waals surface area (Å²) >= 11 is 0. The van der Waals surface area contributed by atoms with Gasteiger partial charge in [0.25, 0.3) is 0 Å². The molecular formula is C23H24N2O6. The van der Waals surface area contributed by atoms with Gasteiger partial charge in [-0.2, -0.15) is 0 Å². The number of hydrogen-bond donors (Lipinski definition) is 2. The molecule has 2 aromatic carbocycles. The number of fused-ring (bicyclic) bond motifs is 3. The largest absolute Gasteiger partial charge is 0.481 e. The number of nitrogens with zero attached hydrogens (tertiary/aromatic N) is 1. The zero-order valence-corrected chi connectivity index (χ0v) is 17.1. The van der Waals surface area contributed by atoms with Crippen molar-refractivity contribution in [1.29, 1.82) is 0 Å². The van der Waals surface area contributed by atoms with E-state index in [2.05, 4.69) is 17.4 Å². The zero-order chi connectivity index (χ0) is 22.0. The highest BCUT2D eigenvalue weighted by atomic mass is 16.5. The highest BCUT2D eigenvalue weighted by Crippen LogP contribution is 2.44. The Morgan fingerprint density at radius 3 is 2.29 bits per heavy atom. The minimum absolute atomic E-state index is 0.0662. The van der Waals surface area contributed by atoms with E-state index in [9.17, 15) is 19.5 Å². The van der Waals surface area contributed by atoms with E-state index in [0.29, 0.717) is 0 Å². The average Bonchev–Trinajstić information content (AvgIpc) is 3.39. The number of carbonyl (C=O) groups excluding carboxylic acids is 2. The predicted molar refractivity (Wildman–Crippen MR) is 112 cm³/mol. The van der Waals surface area contributed by atoms with Gasteiger partial charge in [0, 0.05) is 13.0 Å². The number of amides is 2. The van der Waals surface area contributed by atoms with Crippen LogP contribution in [0.25, 0.3) is 11.1 Å². The Morgan fingerprint density at radius 2 is 1.68 bits per heavy atom. The topological polar surface area (TPSA) is 105 Å². The number of aliphatic carboxylic acids is 1. The van der Waals surface area contributed by atoms with E-state index in [1.165, 1.54) is 11.9 Å². The van der Waals surface area contributed by atoms with Crippen LogP contribution in [0.1, 0.15) is 17.0 Å². The van der Waals surface area contributed by atoms with E-state index >= 15 is 0 Å². The van der Waals surface area contributed by atoms with Crippen molar-refractivity contribution in [2.75, 3.05) is 33.4 Å². The van der Waals surface area contributed by atoms with Gasteiger partial charge in [-0.3, -0.25) is 9.59 Å². The molecule has 2 aliphatic rings. The van der Waals surface area contributed by atoms with Crippen LogP contribution in [0.5, 0.6) is 0 Å². The maximum atomic E-state index is 12.4. The van der Waals surface area contributed by atoms with Crippen LogP contribution < -0.4 is 5.32 Å². The Balaban J connectivity index is 1.32. The molecule has 8 heteroatoms. The Bertz CT molecular complexity index is 962. The van der Waals surface area contributed by atoms with Gasteiger partial charge >= 0.3 is 12.1 Å². The van der Waals surface area contributed by atoms with E-state index in [4.69, 9.17) is 9.47 Å². The molecule has 2 aromatic rings. The third-order valence-corrected chi connectivity index (χ3v) is 5.99. The molecule has 0 aromatic heterocycles. The van der Waals surface area contributed by atoms with Crippen LogP contribution >= 0.6 is 0 Å². The number of carbonyl (C=O) groups is 3. The molecule has 1 saturated heterocycles. The normalized spacial score (nSPS) is 19.4. The van der Waals surface area contributed by atoms with Crippen molar-refractivity contribution in [3.63, 3.8) is 0 Å². The van der Waals surface area contributed by atoms with Gasteiger partial charge in [0.15, 0.2) is 0 Å². The Hall–Kier alpha value is -3.39. The van der Waals surface area contributed by atoms with Crippen LogP contribution in [-0.2, 0) is 19.1 Å². The highest BCUT2D eigenvalue weighted by molar-refractivity contribution is 5.83. The van der Waals surface area contributed by atoms with Crippen molar-refractivity contribution >= 4 is 18.0 Å². The summed E-state index contributed by atoms with van der Waals surface area (Å²) < 4.78 is 10.6. The van der Waals surface area contributed by atoms with Crippen LogP contribution in [0, 0.1) is 5.92 Å². The number of likely N-dealkylation sites (N-methyl/N-ethyl adjacent to an activating group) is 1. The minimum Gasteiger partial charge on any atom is -0.481 e. The molecule has 2 unspecified atom stereocenters. The summed E-state index contributed by atoms with van der Waals surface area (Å²) in [7, 11) is 1.51. The first-order chi connectivity index (χ1) is 15.0. The second kappa shape index (κ2) is 8.77. The van der Waals surface area contributed by atoms with Crippen molar-refractivity contribution in [3.8, 4) is 11.1 Å². The predicted octanol–water partition coefficient (Wildman–Crippen LogP) is 2.08. The number of alkyl carbamates (subject to hydrolysis) is 1. The summed E-state index contributed by atoms with van der Waals surface area (Å²) in [4.78, 5) is 37.2. The number of carboxylic acid groups (broad SMARTS) is 1. The Morgan fingerprint density at radius 1 is 1.06 bits per heavy atom. The van der Waals surface area contributed by atoms with E-state index in [0.717, 1.165) is 22.3 Å². The lowest BCUT2D eigenvalue weighted by atomic mass is 9.98. The zero-order valence-electron chi connectivity index (χ0n) is 17.1. The van der Waals surface area contributed by atoms with Crippen LogP contribution in [0.2, 0.25) is 0 Å². The number of ether oxygens (including phenoxy) is 2. The van der Waals surface area contributed by atoms with E-state index < -0.39 is 29.9 Å². The molecule has 1 aliphatic heterocycles. The fourth-order valence-corrected chi connectivity index (χ4v) is 4.27. The van der Waals surface area contributed by atoms with Gasteiger partial charge in [0.1, 0.15) is 19.1 Å². The molecule has 0 radical (unpaired) electrons. The summed E-state index contributed by atoms with van der Waals surface area (Å²) in [6.07, 6.45) is -0.693. The van der Waals surface area contributed by atoms with Crippen molar-refractivity contribution in [2.24, 2.45) is 5.92 Å². The quantitative estimate of drug-likeness (QED) is 0.736. The standard InChI is InChI=1S/C23H24N2O6/c1-25(20-13-30-11-19(20)22(27)28)21(26)10-24-23(29)31-12-18-16-8-4-2-6-14(16)15-7-3-5-9-17(15)18/h2-9,18-20H,10-13H2,1H3,(H,24,29)(H,27,28). The summed E-state index contributed by atoms with van der Waals surface area (Å²) in [5.74, 6) is -2.26. The van der Waals surface area contributed by atoms with Gasteiger partial charge in [0.2, 0.25) is 5.91 Å². The lowest BCUT2D eigenvalue weighted by molar-refractivity contribution is -0.144. The molecule has 2 atom stereocenters. The molecule has 0 bridgehead atoms. The molecule has 162 valence electrons. The third kappa shape index (κ3) is 4.11. The van der Waals surface area contributed by atoms with E-state index in [-0.39, 0.29) is 32.3 Å². The lowest BCUT2D eigenvalue weighted by Crippen LogP contribution is -2.47. The van der Waals surface area contributed by atoms with Crippen LogP contribution in [0.15, 0.2) is 48.5 Å². The molecule has 1 aliphatic carbocycles. The van der Waals surface area contributed by atoms with Gasteiger partial charge < -0.3 is 24.8 Å². The molecule has 2 N–H and O–H groups in total. The summed E-state index contributed by atoms with van der Waals surface area (Å²) in [5, 5.41) is 11.7. The number of benzene rings is 2. The Labute approximate surface area is 179 Å². The van der Waals surface area contributed by atoms with Crippen molar-refractivity contribution in [3.05, 3.63) is 59.7 Å². The summed E-state index contributed by atoms with van der Waals surface area (Å²) in [6.45, 7) is 0.0963. The molecule has 8 nitrogen and oxygen atoms in total. The molecule has 4 rings (SSSR count). The van der Waals surface area contributed by atoms with Gasteiger partial charge in [0.05, 0.1) is 19.3 Å². The molecule has 1 heterocycles. The fraction of sp³-hybridized carbons (Fsp3) is 0.348. The molecule has 31 heavy (non-hydrogen) atoms. The number of nitrogens with one attached hydrogen (secondary N) is 1. The smallest absolute Gasteiger partial charge is 0.407 e. The highest BCUT2D eigenvalue weighted by Gasteiger charge is 2.38. The van der Waals surface area contributed by atoms with E-state index in [1.807, 2.05) is 36.4 Å². The molecule has 1 fully saturated rings. The molecule has 2 amide bonds. The molecule has 0 saturated carbocycles. The van der Waals surface area contributed by atoms with Crippen LogP contribution in [0.3, 0.4) is 0 Å². The monoisotopic (exact) mass is 424 g/mol. The summed E-state index contributed by atoms with van der Waals surface area (Å²) in [5.41, 5.74) is 4.48. The number of rotatable bonds is 6. The second-order valence-electron chi connectivity index (χ2n) is 7.73. The average molecular weight is 424 g/mol. The van der Waals surface area contributed by atoms with Gasteiger partial charge in [-0.1, -0.05) is 48.5 Å². The van der Waals surface area contributed by atoms with Crippen molar-refractivity contribution in [1.82, 2.24) is 10.2 Å². The first kappa shape index (κ1) is 20.9. The maximum absolute atomic E-state index is 12.4. The summed E-state index contributed by atoms with van der Waals surface area (Å²) in [6, 6.07) is 15.5. The van der Waals surface area contributed by atoms with Gasteiger partial charge in [-0.25, -0.2) is 4.79 Å². The Kier molecular flexibility index (Phi) is 5.90. The minimum atomic E-state index is -1.01.